The van der Waals surface area contributed by atoms with Crippen molar-refractivity contribution in [3.05, 3.63) is 23.8 Å². The van der Waals surface area contributed by atoms with E-state index in [0.717, 1.165) is 36.6 Å². The first kappa shape index (κ1) is 22.9. The zero-order valence-corrected chi connectivity index (χ0v) is 19.4. The van der Waals surface area contributed by atoms with Crippen molar-refractivity contribution >= 4 is 23.4 Å². The third-order valence-corrected chi connectivity index (χ3v) is 6.03. The summed E-state index contributed by atoms with van der Waals surface area (Å²) in [6.45, 7) is 11.9. The predicted molar refractivity (Wildman–Crippen MR) is 121 cm³/mol. The molecule has 3 heterocycles. The number of anilines is 2. The van der Waals surface area contributed by atoms with Crippen molar-refractivity contribution in [1.82, 2.24) is 21.2 Å². The quantitative estimate of drug-likeness (QED) is 0.640. The highest BCUT2D eigenvalue weighted by molar-refractivity contribution is 6.02. The Kier molecular flexibility index (Phi) is 6.68. The summed E-state index contributed by atoms with van der Waals surface area (Å²) in [5.74, 6) is 0.221. The molecule has 176 valence electrons. The van der Waals surface area contributed by atoms with Crippen molar-refractivity contribution in [2.75, 3.05) is 36.0 Å². The summed E-state index contributed by atoms with van der Waals surface area (Å²) in [6.07, 6.45) is -0.548. The Labute approximate surface area is 189 Å². The number of hydrogen-bond donors (Lipinski definition) is 3. The van der Waals surface area contributed by atoms with Gasteiger partial charge in [0.2, 0.25) is 5.91 Å². The summed E-state index contributed by atoms with van der Waals surface area (Å²) >= 11 is 0. The molecular weight excluding hydrogens is 412 g/mol. The van der Waals surface area contributed by atoms with Gasteiger partial charge in [0, 0.05) is 39.0 Å². The molecule has 2 fully saturated rings. The minimum atomic E-state index is -0.382. The highest BCUT2D eigenvalue weighted by Crippen LogP contribution is 2.39. The second kappa shape index (κ2) is 9.32. The van der Waals surface area contributed by atoms with E-state index in [9.17, 15) is 9.59 Å². The van der Waals surface area contributed by atoms with Gasteiger partial charge in [0.15, 0.2) is 0 Å². The Balaban J connectivity index is 1.55. The van der Waals surface area contributed by atoms with Crippen LogP contribution in [-0.4, -0.2) is 67.7 Å². The fourth-order valence-electron chi connectivity index (χ4n) is 4.66. The van der Waals surface area contributed by atoms with E-state index in [1.165, 1.54) is 0 Å². The van der Waals surface area contributed by atoms with Gasteiger partial charge in [-0.05, 0) is 45.4 Å². The second-order valence-corrected chi connectivity index (χ2v) is 9.09. The van der Waals surface area contributed by atoms with E-state index in [2.05, 4.69) is 27.3 Å². The van der Waals surface area contributed by atoms with Crippen LogP contribution in [0.25, 0.3) is 0 Å². The molecule has 3 N–H and O–H groups in total. The van der Waals surface area contributed by atoms with Gasteiger partial charge >= 0.3 is 6.09 Å². The summed E-state index contributed by atoms with van der Waals surface area (Å²) in [5.41, 5.74) is 9.03. The first-order chi connectivity index (χ1) is 15.2. The molecule has 10 heteroatoms. The van der Waals surface area contributed by atoms with Crippen molar-refractivity contribution in [1.29, 1.82) is 0 Å². The molecule has 4 unspecified atom stereocenters. The maximum Gasteiger partial charge on any atom is 0.414 e. The van der Waals surface area contributed by atoms with E-state index in [-0.39, 0.29) is 42.5 Å². The van der Waals surface area contributed by atoms with Crippen molar-refractivity contribution < 1.29 is 19.2 Å². The minimum absolute atomic E-state index is 0.0118. The highest BCUT2D eigenvalue weighted by Gasteiger charge is 2.36. The molecular formula is C22H34N6O4. The molecule has 0 saturated carbocycles. The Hall–Kier alpha value is -2.24. The molecule has 0 spiro atoms. The largest absolute Gasteiger partial charge is 0.446 e. The van der Waals surface area contributed by atoms with Gasteiger partial charge in [-0.3, -0.25) is 25.3 Å². The Morgan fingerprint density at radius 2 is 2.00 bits per heavy atom. The van der Waals surface area contributed by atoms with Crippen LogP contribution in [0.15, 0.2) is 18.2 Å². The number of amides is 2. The number of fused-ring (bicyclic) bond motifs is 1. The van der Waals surface area contributed by atoms with Gasteiger partial charge in [-0.25, -0.2) is 9.80 Å². The number of carbonyl (C=O) groups excluding carboxylic acids is 2. The molecule has 1 aromatic rings. The number of hydrogen-bond acceptors (Lipinski definition) is 8. The topological polar surface area (TPSA) is 98.4 Å². The maximum absolute atomic E-state index is 12.9. The lowest BCUT2D eigenvalue weighted by molar-refractivity contribution is -0.117. The smallest absolute Gasteiger partial charge is 0.414 e. The molecule has 0 aromatic heterocycles. The Morgan fingerprint density at radius 3 is 2.66 bits per heavy atom. The first-order valence-electron chi connectivity index (χ1n) is 11.3. The second-order valence-electron chi connectivity index (χ2n) is 9.09. The standard InChI is InChI=1S/C22H34N6O4/c1-13(2)31-22(30)27-10-14(3)28(16(5)29)19-7-6-17(8-20(19)27)18-9-23-26(11-18)12-21-24-15(4)32-25-21/h6-8,13-15,18,21,23-25H,9-12H2,1-5H3. The first-order valence-corrected chi connectivity index (χ1v) is 11.3. The van der Waals surface area contributed by atoms with Crippen LogP contribution < -0.4 is 26.0 Å². The third-order valence-electron chi connectivity index (χ3n) is 6.03. The normalized spacial score (nSPS) is 28.3. The SMILES string of the molecule is CC(=O)N1c2ccc(C3CNN(CC4NOC(C)N4)C3)cc2N(C(=O)OC(C)C)CC1C. The molecule has 10 nitrogen and oxygen atoms in total. The molecule has 0 radical (unpaired) electrons. The predicted octanol–water partition coefficient (Wildman–Crippen LogP) is 1.49. The number of hydrazine groups is 1. The fourth-order valence-corrected chi connectivity index (χ4v) is 4.66. The Bertz CT molecular complexity index is 865. The monoisotopic (exact) mass is 446 g/mol. The fraction of sp³-hybridized carbons (Fsp3) is 0.636. The Morgan fingerprint density at radius 1 is 1.22 bits per heavy atom. The van der Waals surface area contributed by atoms with Gasteiger partial charge in [0.1, 0.15) is 6.23 Å². The zero-order valence-electron chi connectivity index (χ0n) is 19.4. The van der Waals surface area contributed by atoms with Crippen LogP contribution in [0.5, 0.6) is 0 Å². The summed E-state index contributed by atoms with van der Waals surface area (Å²) in [6, 6.07) is 5.91. The van der Waals surface area contributed by atoms with E-state index in [4.69, 9.17) is 9.57 Å². The number of ether oxygens (including phenoxy) is 1. The summed E-state index contributed by atoms with van der Waals surface area (Å²) in [5, 5.41) is 5.49. The molecule has 32 heavy (non-hydrogen) atoms. The highest BCUT2D eigenvalue weighted by atomic mass is 16.7. The average Bonchev–Trinajstić information content (AvgIpc) is 3.35. The van der Waals surface area contributed by atoms with Crippen molar-refractivity contribution in [2.45, 2.75) is 65.1 Å². The maximum atomic E-state index is 12.9. The lowest BCUT2D eigenvalue weighted by Gasteiger charge is -2.40. The van der Waals surface area contributed by atoms with Gasteiger partial charge in [-0.1, -0.05) is 6.07 Å². The van der Waals surface area contributed by atoms with E-state index in [1.54, 1.807) is 16.7 Å². The van der Waals surface area contributed by atoms with Gasteiger partial charge in [-0.15, -0.1) is 0 Å². The molecule has 0 bridgehead atoms. The number of hydroxylamine groups is 1. The van der Waals surface area contributed by atoms with Crippen LogP contribution in [0.1, 0.15) is 46.1 Å². The van der Waals surface area contributed by atoms with E-state index in [0.29, 0.717) is 6.54 Å². The lowest BCUT2D eigenvalue weighted by atomic mass is 9.97. The number of rotatable bonds is 4. The molecule has 2 saturated heterocycles. The van der Waals surface area contributed by atoms with Crippen molar-refractivity contribution in [2.24, 2.45) is 0 Å². The van der Waals surface area contributed by atoms with E-state index in [1.807, 2.05) is 39.8 Å². The van der Waals surface area contributed by atoms with Gasteiger partial charge < -0.3 is 9.64 Å². The van der Waals surface area contributed by atoms with Crippen LogP contribution >= 0.6 is 0 Å². The van der Waals surface area contributed by atoms with E-state index < -0.39 is 0 Å². The summed E-state index contributed by atoms with van der Waals surface area (Å²) < 4.78 is 5.49. The van der Waals surface area contributed by atoms with Gasteiger partial charge in [-0.2, -0.15) is 5.48 Å². The van der Waals surface area contributed by atoms with Crippen LogP contribution in [0, 0.1) is 0 Å². The molecule has 1 aromatic carbocycles. The van der Waals surface area contributed by atoms with Crippen LogP contribution in [-0.2, 0) is 14.4 Å². The molecule has 0 aliphatic carbocycles. The minimum Gasteiger partial charge on any atom is -0.446 e. The number of nitrogens with one attached hydrogen (secondary N) is 3. The average molecular weight is 447 g/mol. The number of nitrogens with zero attached hydrogens (tertiary/aromatic N) is 3. The van der Waals surface area contributed by atoms with Crippen LogP contribution in [0.3, 0.4) is 0 Å². The molecule has 2 amide bonds. The van der Waals surface area contributed by atoms with Crippen molar-refractivity contribution in [3.63, 3.8) is 0 Å². The van der Waals surface area contributed by atoms with Crippen LogP contribution in [0.4, 0.5) is 16.2 Å². The summed E-state index contributed by atoms with van der Waals surface area (Å²) in [4.78, 5) is 34.0. The molecule has 4 rings (SSSR count). The van der Waals surface area contributed by atoms with E-state index >= 15 is 0 Å². The van der Waals surface area contributed by atoms with Gasteiger partial charge in [0.05, 0.1) is 29.7 Å². The number of carbonyl (C=O) groups is 2. The zero-order chi connectivity index (χ0) is 23.0. The molecule has 3 aliphatic rings. The molecule has 4 atom stereocenters. The van der Waals surface area contributed by atoms with Crippen molar-refractivity contribution in [3.8, 4) is 0 Å². The molecule has 3 aliphatic heterocycles. The number of benzene rings is 1. The van der Waals surface area contributed by atoms with Crippen LogP contribution in [0.2, 0.25) is 0 Å². The summed E-state index contributed by atoms with van der Waals surface area (Å²) in [7, 11) is 0. The van der Waals surface area contributed by atoms with Gasteiger partial charge in [0.25, 0.3) is 0 Å². The third kappa shape index (κ3) is 4.74. The lowest BCUT2D eigenvalue weighted by Crippen LogP contribution is -2.51.